The molecule has 0 aliphatic rings. The van der Waals surface area contributed by atoms with E-state index in [1.807, 2.05) is 0 Å². The van der Waals surface area contributed by atoms with Crippen molar-refractivity contribution in [2.75, 3.05) is 5.73 Å². The van der Waals surface area contributed by atoms with Crippen molar-refractivity contribution >= 4 is 48.1 Å². The van der Waals surface area contributed by atoms with Crippen LogP contribution in [0, 0.1) is 6.92 Å². The molecule has 0 heterocycles. The topological polar surface area (TPSA) is 159 Å². The van der Waals surface area contributed by atoms with Crippen molar-refractivity contribution in [2.24, 2.45) is 10.2 Å². The maximum atomic E-state index is 11.6. The lowest BCUT2D eigenvalue weighted by molar-refractivity contribution is 0.481. The Kier molecular flexibility index (Phi) is 4.93. The van der Waals surface area contributed by atoms with Crippen molar-refractivity contribution in [3.05, 3.63) is 54.1 Å². The van der Waals surface area contributed by atoms with Gasteiger partial charge in [0.15, 0.2) is 0 Å². The molecule has 0 saturated carbocycles. The number of anilines is 1. The Hall–Kier alpha value is -2.86. The first-order valence-electron chi connectivity index (χ1n) is 7.77. The first kappa shape index (κ1) is 19.9. The Labute approximate surface area is 161 Å². The molecule has 0 unspecified atom stereocenters. The zero-order chi connectivity index (χ0) is 20.7. The van der Waals surface area contributed by atoms with E-state index in [4.69, 9.17) is 5.73 Å². The van der Waals surface area contributed by atoms with Crippen molar-refractivity contribution in [3.8, 4) is 0 Å². The number of hydrogen-bond acceptors (Lipinski definition) is 7. The number of hydrogen-bond donors (Lipinski definition) is 3. The average molecular weight is 421 g/mol. The van der Waals surface area contributed by atoms with Gasteiger partial charge in [0, 0.05) is 10.8 Å². The van der Waals surface area contributed by atoms with Gasteiger partial charge in [0.05, 0.1) is 11.4 Å². The molecule has 3 rings (SSSR count). The highest BCUT2D eigenvalue weighted by atomic mass is 32.2. The number of fused-ring (bicyclic) bond motifs is 1. The first-order valence-corrected chi connectivity index (χ1v) is 10.6. The van der Waals surface area contributed by atoms with Crippen LogP contribution >= 0.6 is 0 Å². The van der Waals surface area contributed by atoms with Crippen LogP contribution in [-0.2, 0) is 20.2 Å². The second-order valence-electron chi connectivity index (χ2n) is 5.97. The predicted molar refractivity (Wildman–Crippen MR) is 103 cm³/mol. The highest BCUT2D eigenvalue weighted by Gasteiger charge is 2.20. The molecule has 0 fully saturated rings. The molecule has 11 heteroatoms. The largest absolute Gasteiger partial charge is 0.397 e. The summed E-state index contributed by atoms with van der Waals surface area (Å²) in [5.74, 6) is 0. The van der Waals surface area contributed by atoms with E-state index in [1.54, 1.807) is 37.3 Å². The van der Waals surface area contributed by atoms with Gasteiger partial charge in [-0.3, -0.25) is 9.11 Å². The summed E-state index contributed by atoms with van der Waals surface area (Å²) in [6, 6.07) is 11.7. The minimum atomic E-state index is -4.63. The maximum absolute atomic E-state index is 11.6. The first-order chi connectivity index (χ1) is 13.0. The monoisotopic (exact) mass is 421 g/mol. The van der Waals surface area contributed by atoms with Crippen LogP contribution in [0.5, 0.6) is 0 Å². The van der Waals surface area contributed by atoms with Gasteiger partial charge in [0.25, 0.3) is 20.2 Å². The van der Waals surface area contributed by atoms with E-state index in [1.165, 1.54) is 12.1 Å². The second-order valence-corrected chi connectivity index (χ2v) is 8.75. The number of rotatable bonds is 4. The molecule has 0 atom stereocenters. The summed E-state index contributed by atoms with van der Waals surface area (Å²) in [5, 5.41) is 8.56. The van der Waals surface area contributed by atoms with Gasteiger partial charge in [-0.05, 0) is 30.7 Å². The molecule has 0 radical (unpaired) electrons. The number of nitrogens with two attached hydrogens (primary N) is 1. The molecule has 0 bridgehead atoms. The summed E-state index contributed by atoms with van der Waals surface area (Å²) in [5.41, 5.74) is 6.19. The molecule has 3 aromatic carbocycles. The van der Waals surface area contributed by atoms with E-state index in [9.17, 15) is 25.9 Å². The standard InChI is InChI=1S/C17H15N3O6S2/c1-10-6-7-13(15(8-10)27(21,22)23)19-20-14-9-16(28(24,25)26)17(18)12-5-3-2-4-11(12)14/h2-9H,18H2,1H3,(H,21,22,23)(H,24,25,26). The van der Waals surface area contributed by atoms with Crippen LogP contribution in [0.15, 0.2) is 68.6 Å². The SMILES string of the molecule is Cc1ccc(N=Nc2cc(S(=O)(=O)O)c(N)c3ccccc23)c(S(=O)(=O)O)c1. The van der Waals surface area contributed by atoms with E-state index >= 15 is 0 Å². The normalized spacial score (nSPS) is 12.7. The summed E-state index contributed by atoms with van der Waals surface area (Å²) in [4.78, 5) is -0.981. The van der Waals surface area contributed by atoms with E-state index in [2.05, 4.69) is 10.2 Å². The summed E-state index contributed by atoms with van der Waals surface area (Å²) in [7, 11) is -9.18. The van der Waals surface area contributed by atoms with Gasteiger partial charge in [-0.25, -0.2) is 0 Å². The minimum absolute atomic E-state index is 0.0410. The molecule has 28 heavy (non-hydrogen) atoms. The highest BCUT2D eigenvalue weighted by molar-refractivity contribution is 7.86. The molecular weight excluding hydrogens is 406 g/mol. The maximum Gasteiger partial charge on any atom is 0.296 e. The van der Waals surface area contributed by atoms with E-state index < -0.39 is 30.0 Å². The fourth-order valence-electron chi connectivity index (χ4n) is 2.67. The lowest BCUT2D eigenvalue weighted by Gasteiger charge is -2.09. The van der Waals surface area contributed by atoms with Gasteiger partial charge < -0.3 is 5.73 Å². The zero-order valence-corrected chi connectivity index (χ0v) is 16.1. The van der Waals surface area contributed by atoms with Gasteiger partial charge in [-0.15, -0.1) is 10.2 Å². The van der Waals surface area contributed by atoms with Crippen molar-refractivity contribution in [2.45, 2.75) is 16.7 Å². The van der Waals surface area contributed by atoms with E-state index in [-0.39, 0.29) is 17.1 Å². The Morgan fingerprint density at radius 2 is 1.36 bits per heavy atom. The third-order valence-corrected chi connectivity index (χ3v) is 5.74. The average Bonchev–Trinajstić information content (AvgIpc) is 2.60. The lowest BCUT2D eigenvalue weighted by Crippen LogP contribution is -2.03. The molecule has 4 N–H and O–H groups in total. The van der Waals surface area contributed by atoms with Crippen LogP contribution in [-0.4, -0.2) is 25.9 Å². The van der Waals surface area contributed by atoms with E-state index in [0.717, 1.165) is 6.07 Å². The van der Waals surface area contributed by atoms with Gasteiger partial charge in [0.1, 0.15) is 15.5 Å². The minimum Gasteiger partial charge on any atom is -0.397 e. The van der Waals surface area contributed by atoms with Crippen LogP contribution in [0.25, 0.3) is 10.8 Å². The Morgan fingerprint density at radius 3 is 1.96 bits per heavy atom. The zero-order valence-electron chi connectivity index (χ0n) is 14.4. The summed E-state index contributed by atoms with van der Waals surface area (Å²) < 4.78 is 65.3. The lowest BCUT2D eigenvalue weighted by atomic mass is 10.1. The van der Waals surface area contributed by atoms with Crippen molar-refractivity contribution < 1.29 is 25.9 Å². The summed E-state index contributed by atoms with van der Waals surface area (Å²) in [6.45, 7) is 1.64. The highest BCUT2D eigenvalue weighted by Crippen LogP contribution is 2.37. The van der Waals surface area contributed by atoms with Gasteiger partial charge in [0.2, 0.25) is 0 Å². The molecule has 3 aromatic rings. The Balaban J connectivity index is 2.26. The van der Waals surface area contributed by atoms with Crippen LogP contribution < -0.4 is 5.73 Å². The summed E-state index contributed by atoms with van der Waals surface area (Å²) in [6.07, 6.45) is 0. The second kappa shape index (κ2) is 6.95. The number of azo groups is 1. The summed E-state index contributed by atoms with van der Waals surface area (Å²) >= 11 is 0. The van der Waals surface area contributed by atoms with Crippen LogP contribution in [0.4, 0.5) is 17.1 Å². The van der Waals surface area contributed by atoms with Crippen molar-refractivity contribution in [3.63, 3.8) is 0 Å². The van der Waals surface area contributed by atoms with Gasteiger partial charge in [-0.1, -0.05) is 30.3 Å². The molecule has 0 aromatic heterocycles. The number of aryl methyl sites for hydroxylation is 1. The number of benzene rings is 3. The molecule has 146 valence electrons. The third kappa shape index (κ3) is 3.87. The quantitative estimate of drug-likeness (QED) is 0.329. The van der Waals surface area contributed by atoms with Gasteiger partial charge in [-0.2, -0.15) is 16.8 Å². The molecular formula is C17H15N3O6S2. The predicted octanol–water partition coefficient (Wildman–Crippen LogP) is 3.64. The fraction of sp³-hybridized carbons (Fsp3) is 0.0588. The van der Waals surface area contributed by atoms with Gasteiger partial charge >= 0.3 is 0 Å². The Morgan fingerprint density at radius 1 is 0.786 bits per heavy atom. The number of nitrogen functional groups attached to an aromatic ring is 1. The molecule has 0 saturated heterocycles. The molecule has 0 amide bonds. The molecule has 0 aliphatic heterocycles. The van der Waals surface area contributed by atoms with Crippen molar-refractivity contribution in [1.82, 2.24) is 0 Å². The molecule has 9 nitrogen and oxygen atoms in total. The molecule has 0 spiro atoms. The smallest absolute Gasteiger partial charge is 0.296 e. The van der Waals surface area contributed by atoms with Crippen LogP contribution in [0.1, 0.15) is 5.56 Å². The van der Waals surface area contributed by atoms with Crippen molar-refractivity contribution in [1.29, 1.82) is 0 Å². The fourth-order valence-corrected chi connectivity index (χ4v) is 4.02. The number of nitrogens with zero attached hydrogens (tertiary/aromatic N) is 2. The molecule has 0 aliphatic carbocycles. The van der Waals surface area contributed by atoms with E-state index in [0.29, 0.717) is 16.3 Å². The van der Waals surface area contributed by atoms with Crippen LogP contribution in [0.2, 0.25) is 0 Å². The van der Waals surface area contributed by atoms with Crippen LogP contribution in [0.3, 0.4) is 0 Å². The third-order valence-electron chi connectivity index (χ3n) is 3.96. The Bertz CT molecular complexity index is 1330.